The summed E-state index contributed by atoms with van der Waals surface area (Å²) in [5.74, 6) is 0.727. The Balaban J connectivity index is 2.27. The molecule has 0 fully saturated rings. The fraction of sp³-hybridized carbons (Fsp3) is 0.350. The van der Waals surface area contributed by atoms with Crippen LogP contribution in [0.5, 0.6) is 11.5 Å². The minimum Gasteiger partial charge on any atom is -0.497 e. The molecule has 1 atom stereocenters. The summed E-state index contributed by atoms with van der Waals surface area (Å²) >= 11 is 0. The van der Waals surface area contributed by atoms with Crippen LogP contribution in [0, 0.1) is 0 Å². The second-order valence-corrected chi connectivity index (χ2v) is 7.57. The van der Waals surface area contributed by atoms with Crippen molar-refractivity contribution in [2.24, 2.45) is 0 Å². The molecule has 2 aromatic carbocycles. The van der Waals surface area contributed by atoms with E-state index in [0.717, 1.165) is 0 Å². The van der Waals surface area contributed by atoms with Gasteiger partial charge in [0.25, 0.3) is 0 Å². The number of ether oxygens (including phenoxy) is 3. The summed E-state index contributed by atoms with van der Waals surface area (Å²) in [5.41, 5.74) is 0.628. The van der Waals surface area contributed by atoms with Crippen LogP contribution in [-0.4, -0.2) is 34.7 Å². The lowest BCUT2D eigenvalue weighted by Crippen LogP contribution is -2.30. The molecule has 8 heteroatoms. The van der Waals surface area contributed by atoms with Crippen LogP contribution in [0.15, 0.2) is 53.4 Å². The van der Waals surface area contributed by atoms with Crippen LogP contribution >= 0.6 is 0 Å². The molecule has 0 aliphatic rings. The van der Waals surface area contributed by atoms with Gasteiger partial charge in [0.05, 0.1) is 37.7 Å². The molecule has 2 aromatic rings. The van der Waals surface area contributed by atoms with E-state index < -0.39 is 22.0 Å². The lowest BCUT2D eigenvalue weighted by Gasteiger charge is -2.19. The third-order valence-corrected chi connectivity index (χ3v) is 5.42. The SMILES string of the molecule is CCOC(=O)CC(NS(=O)(=O)c1ccc(OCC)cc1)c1ccc(OC)cc1. The molecule has 2 rings (SSSR count). The van der Waals surface area contributed by atoms with Crippen LogP contribution in [0.25, 0.3) is 0 Å². The van der Waals surface area contributed by atoms with Crippen molar-refractivity contribution in [1.29, 1.82) is 0 Å². The van der Waals surface area contributed by atoms with E-state index >= 15 is 0 Å². The number of nitrogens with one attached hydrogen (secondary N) is 1. The van der Waals surface area contributed by atoms with Crippen molar-refractivity contribution in [3.8, 4) is 11.5 Å². The fourth-order valence-electron chi connectivity index (χ4n) is 2.59. The Labute approximate surface area is 165 Å². The number of rotatable bonds is 10. The third-order valence-electron chi connectivity index (χ3n) is 3.94. The van der Waals surface area contributed by atoms with Gasteiger partial charge in [-0.15, -0.1) is 0 Å². The quantitative estimate of drug-likeness (QED) is 0.609. The van der Waals surface area contributed by atoms with E-state index in [1.165, 1.54) is 12.1 Å². The number of carbonyl (C=O) groups is 1. The number of carbonyl (C=O) groups excluding carboxylic acids is 1. The predicted octanol–water partition coefficient (Wildman–Crippen LogP) is 3.07. The van der Waals surface area contributed by atoms with Gasteiger partial charge in [0.15, 0.2) is 0 Å². The van der Waals surface area contributed by atoms with Crippen molar-refractivity contribution < 1.29 is 27.4 Å². The maximum Gasteiger partial charge on any atom is 0.307 e. The number of esters is 1. The van der Waals surface area contributed by atoms with Crippen LogP contribution in [0.1, 0.15) is 31.9 Å². The number of sulfonamides is 1. The summed E-state index contributed by atoms with van der Waals surface area (Å²) in [7, 11) is -2.32. The van der Waals surface area contributed by atoms with Gasteiger partial charge in [0.2, 0.25) is 10.0 Å². The highest BCUT2D eigenvalue weighted by molar-refractivity contribution is 7.89. The molecule has 0 aliphatic carbocycles. The highest BCUT2D eigenvalue weighted by Gasteiger charge is 2.24. The summed E-state index contributed by atoms with van der Waals surface area (Å²) < 4.78 is 43.7. The van der Waals surface area contributed by atoms with Crippen LogP contribution in [-0.2, 0) is 19.6 Å². The van der Waals surface area contributed by atoms with Crippen LogP contribution in [0.3, 0.4) is 0 Å². The normalized spacial score (nSPS) is 12.2. The van der Waals surface area contributed by atoms with Crippen molar-refractivity contribution in [1.82, 2.24) is 4.72 Å². The predicted molar refractivity (Wildman–Crippen MR) is 105 cm³/mol. The Morgan fingerprint density at radius 3 is 2.11 bits per heavy atom. The van der Waals surface area contributed by atoms with Gasteiger partial charge in [-0.05, 0) is 55.8 Å². The van der Waals surface area contributed by atoms with Crippen molar-refractivity contribution >= 4 is 16.0 Å². The standard InChI is InChI=1S/C20H25NO6S/c1-4-26-17-10-12-18(13-11-17)28(23,24)21-19(14-20(22)27-5-2)15-6-8-16(25-3)9-7-15/h6-13,19,21H,4-5,14H2,1-3H3. The minimum absolute atomic E-state index is 0.0818. The molecule has 0 bridgehead atoms. The van der Waals surface area contributed by atoms with Crippen molar-refractivity contribution in [2.45, 2.75) is 31.2 Å². The lowest BCUT2D eigenvalue weighted by atomic mass is 10.0. The second-order valence-electron chi connectivity index (χ2n) is 5.86. The van der Waals surface area contributed by atoms with Gasteiger partial charge in [0, 0.05) is 0 Å². The molecule has 0 saturated heterocycles. The Hall–Kier alpha value is -2.58. The van der Waals surface area contributed by atoms with E-state index in [9.17, 15) is 13.2 Å². The largest absolute Gasteiger partial charge is 0.497 e. The third kappa shape index (κ3) is 5.97. The first-order valence-electron chi connectivity index (χ1n) is 8.94. The maximum atomic E-state index is 12.8. The van der Waals surface area contributed by atoms with Gasteiger partial charge in [-0.1, -0.05) is 12.1 Å². The highest BCUT2D eigenvalue weighted by Crippen LogP contribution is 2.24. The Morgan fingerprint density at radius 1 is 0.964 bits per heavy atom. The summed E-state index contributed by atoms with van der Waals surface area (Å²) in [6, 6.07) is 12.2. The van der Waals surface area contributed by atoms with Gasteiger partial charge >= 0.3 is 5.97 Å². The molecule has 1 unspecified atom stereocenters. The molecular formula is C20H25NO6S. The fourth-order valence-corrected chi connectivity index (χ4v) is 3.81. The van der Waals surface area contributed by atoms with Gasteiger partial charge in [-0.3, -0.25) is 4.79 Å². The zero-order valence-electron chi connectivity index (χ0n) is 16.2. The Bertz CT molecular complexity index is 863. The molecule has 0 spiro atoms. The van der Waals surface area contributed by atoms with E-state index in [0.29, 0.717) is 23.7 Å². The minimum atomic E-state index is -3.86. The van der Waals surface area contributed by atoms with Gasteiger partial charge in [-0.2, -0.15) is 0 Å². The average Bonchev–Trinajstić information content (AvgIpc) is 2.68. The summed E-state index contributed by atoms with van der Waals surface area (Å²) in [6.45, 7) is 4.26. The molecular weight excluding hydrogens is 382 g/mol. The molecule has 0 aliphatic heterocycles. The zero-order chi connectivity index (χ0) is 20.6. The van der Waals surface area contributed by atoms with E-state index in [1.54, 1.807) is 50.4 Å². The zero-order valence-corrected chi connectivity index (χ0v) is 17.0. The molecule has 0 heterocycles. The summed E-state index contributed by atoms with van der Waals surface area (Å²) in [5, 5.41) is 0. The molecule has 0 aromatic heterocycles. The number of hydrogen-bond donors (Lipinski definition) is 1. The lowest BCUT2D eigenvalue weighted by molar-refractivity contribution is -0.143. The van der Waals surface area contributed by atoms with Crippen LogP contribution in [0.2, 0.25) is 0 Å². The van der Waals surface area contributed by atoms with Crippen molar-refractivity contribution in [2.75, 3.05) is 20.3 Å². The van der Waals surface area contributed by atoms with Crippen LogP contribution < -0.4 is 14.2 Å². The van der Waals surface area contributed by atoms with Gasteiger partial charge < -0.3 is 14.2 Å². The Kier molecular flexibility index (Phi) is 7.83. The monoisotopic (exact) mass is 407 g/mol. The molecule has 7 nitrogen and oxygen atoms in total. The van der Waals surface area contributed by atoms with Crippen molar-refractivity contribution in [3.05, 3.63) is 54.1 Å². The van der Waals surface area contributed by atoms with Crippen molar-refractivity contribution in [3.63, 3.8) is 0 Å². The van der Waals surface area contributed by atoms with Gasteiger partial charge in [0.1, 0.15) is 11.5 Å². The van der Waals surface area contributed by atoms with Gasteiger partial charge in [-0.25, -0.2) is 13.1 Å². The molecule has 1 N–H and O–H groups in total. The number of benzene rings is 2. The molecule has 0 saturated carbocycles. The smallest absolute Gasteiger partial charge is 0.307 e. The topological polar surface area (TPSA) is 90.9 Å². The summed E-state index contributed by atoms with van der Waals surface area (Å²) in [6.07, 6.45) is -0.129. The van der Waals surface area contributed by atoms with E-state index in [-0.39, 0.29) is 17.9 Å². The number of hydrogen-bond acceptors (Lipinski definition) is 6. The van der Waals surface area contributed by atoms with Crippen LogP contribution in [0.4, 0.5) is 0 Å². The highest BCUT2D eigenvalue weighted by atomic mass is 32.2. The molecule has 28 heavy (non-hydrogen) atoms. The van der Waals surface area contributed by atoms with E-state index in [2.05, 4.69) is 4.72 Å². The first kappa shape index (κ1) is 21.7. The first-order valence-corrected chi connectivity index (χ1v) is 10.4. The Morgan fingerprint density at radius 2 is 1.57 bits per heavy atom. The number of methoxy groups -OCH3 is 1. The first-order chi connectivity index (χ1) is 13.4. The molecule has 0 amide bonds. The van der Waals surface area contributed by atoms with E-state index in [4.69, 9.17) is 14.2 Å². The molecule has 152 valence electrons. The van der Waals surface area contributed by atoms with E-state index in [1.807, 2.05) is 6.92 Å². The second kappa shape index (κ2) is 10.1. The maximum absolute atomic E-state index is 12.8. The summed E-state index contributed by atoms with van der Waals surface area (Å²) in [4.78, 5) is 12.1. The molecule has 0 radical (unpaired) electrons. The average molecular weight is 407 g/mol.